The van der Waals surface area contributed by atoms with Gasteiger partial charge in [0, 0.05) is 54.9 Å². The molecule has 0 unspecified atom stereocenters. The Morgan fingerprint density at radius 2 is 2.23 bits per heavy atom. The molecule has 0 amide bonds. The molecular formula is C21H29N3OS. The van der Waals surface area contributed by atoms with Crippen LogP contribution in [0.4, 0.5) is 0 Å². The molecule has 1 atom stereocenters. The van der Waals surface area contributed by atoms with E-state index >= 15 is 0 Å². The lowest BCUT2D eigenvalue weighted by molar-refractivity contribution is -0.183. The van der Waals surface area contributed by atoms with Gasteiger partial charge in [0.2, 0.25) is 0 Å². The molecule has 2 aromatic rings. The van der Waals surface area contributed by atoms with Crippen molar-refractivity contribution < 1.29 is 4.74 Å². The molecule has 140 valence electrons. The number of hydrogen-bond acceptors (Lipinski definition) is 5. The molecular weight excluding hydrogens is 342 g/mol. The van der Waals surface area contributed by atoms with Crippen LogP contribution in [0.15, 0.2) is 36.7 Å². The van der Waals surface area contributed by atoms with Crippen LogP contribution >= 0.6 is 11.3 Å². The molecule has 0 aromatic carbocycles. The third-order valence-electron chi connectivity index (χ3n) is 5.58. The summed E-state index contributed by atoms with van der Waals surface area (Å²) in [6.45, 7) is 8.43. The van der Waals surface area contributed by atoms with Gasteiger partial charge in [-0.1, -0.05) is 6.07 Å². The summed E-state index contributed by atoms with van der Waals surface area (Å²) in [5, 5.41) is 0. The van der Waals surface area contributed by atoms with Crippen molar-refractivity contribution in [2.45, 2.75) is 38.5 Å². The van der Waals surface area contributed by atoms with E-state index in [9.17, 15) is 0 Å². The third kappa shape index (κ3) is 4.34. The summed E-state index contributed by atoms with van der Waals surface area (Å²) >= 11 is 1.92. The SMILES string of the molecule is Cc1ccc(CN2CC3(CC[C@H](CN(C)Cc4cccnc4)CO3)C2)s1. The Morgan fingerprint density at radius 3 is 2.88 bits per heavy atom. The maximum atomic E-state index is 6.36. The minimum absolute atomic E-state index is 0.144. The predicted octanol–water partition coefficient (Wildman–Crippen LogP) is 3.56. The molecule has 0 N–H and O–H groups in total. The van der Waals surface area contributed by atoms with E-state index in [2.05, 4.69) is 47.0 Å². The molecule has 1 spiro atoms. The predicted molar refractivity (Wildman–Crippen MR) is 106 cm³/mol. The fourth-order valence-corrected chi connectivity index (χ4v) is 5.22. The number of pyridine rings is 1. The standard InChI is InChI=1S/C21H29N3OS/c1-17-5-6-20(26-17)13-24-15-21(16-24)8-7-19(14-25-21)12-23(2)11-18-4-3-9-22-10-18/h3-6,9-10,19H,7-8,11-16H2,1-2H3/t19-/m1/s1. The fourth-order valence-electron chi connectivity index (χ4n) is 4.29. The first-order chi connectivity index (χ1) is 12.6. The van der Waals surface area contributed by atoms with Gasteiger partial charge in [0.05, 0.1) is 12.2 Å². The molecule has 4 rings (SSSR count). The van der Waals surface area contributed by atoms with E-state index in [-0.39, 0.29) is 5.60 Å². The van der Waals surface area contributed by atoms with E-state index in [1.807, 2.05) is 29.8 Å². The average Bonchev–Trinajstić information content (AvgIpc) is 3.01. The zero-order valence-electron chi connectivity index (χ0n) is 15.9. The van der Waals surface area contributed by atoms with Gasteiger partial charge in [0.25, 0.3) is 0 Å². The van der Waals surface area contributed by atoms with Crippen LogP contribution in [-0.4, -0.2) is 53.7 Å². The van der Waals surface area contributed by atoms with Gasteiger partial charge in [-0.05, 0) is 56.5 Å². The zero-order valence-corrected chi connectivity index (χ0v) is 16.7. The summed E-state index contributed by atoms with van der Waals surface area (Å²) < 4.78 is 6.36. The lowest BCUT2D eigenvalue weighted by Crippen LogP contribution is -2.64. The van der Waals surface area contributed by atoms with Crippen molar-refractivity contribution in [3.63, 3.8) is 0 Å². The van der Waals surface area contributed by atoms with Gasteiger partial charge in [-0.25, -0.2) is 0 Å². The van der Waals surface area contributed by atoms with Crippen LogP contribution in [0, 0.1) is 12.8 Å². The topological polar surface area (TPSA) is 28.6 Å². The van der Waals surface area contributed by atoms with Crippen LogP contribution in [-0.2, 0) is 17.8 Å². The lowest BCUT2D eigenvalue weighted by atomic mass is 9.83. The normalized spacial score (nSPS) is 22.7. The molecule has 2 fully saturated rings. The highest BCUT2D eigenvalue weighted by atomic mass is 32.1. The third-order valence-corrected chi connectivity index (χ3v) is 6.56. The van der Waals surface area contributed by atoms with Crippen molar-refractivity contribution in [2.75, 3.05) is 33.3 Å². The fraction of sp³-hybridized carbons (Fsp3) is 0.571. The molecule has 2 aliphatic heterocycles. The number of hydrogen-bond donors (Lipinski definition) is 0. The van der Waals surface area contributed by atoms with E-state index in [0.717, 1.165) is 39.3 Å². The van der Waals surface area contributed by atoms with E-state index in [1.165, 1.54) is 28.2 Å². The number of aromatic nitrogens is 1. The average molecular weight is 372 g/mol. The van der Waals surface area contributed by atoms with Crippen molar-refractivity contribution in [1.82, 2.24) is 14.8 Å². The Hall–Kier alpha value is -1.27. The van der Waals surface area contributed by atoms with Crippen molar-refractivity contribution in [2.24, 2.45) is 5.92 Å². The van der Waals surface area contributed by atoms with E-state index in [0.29, 0.717) is 5.92 Å². The van der Waals surface area contributed by atoms with Crippen molar-refractivity contribution >= 4 is 11.3 Å². The first-order valence-corrected chi connectivity index (χ1v) is 10.4. The second-order valence-corrected chi connectivity index (χ2v) is 9.49. The van der Waals surface area contributed by atoms with Gasteiger partial charge in [-0.2, -0.15) is 0 Å². The molecule has 4 heterocycles. The maximum absolute atomic E-state index is 6.36. The van der Waals surface area contributed by atoms with Crippen molar-refractivity contribution in [1.29, 1.82) is 0 Å². The smallest absolute Gasteiger partial charge is 0.0935 e. The van der Waals surface area contributed by atoms with E-state index < -0.39 is 0 Å². The van der Waals surface area contributed by atoms with Gasteiger partial charge in [0.1, 0.15) is 0 Å². The summed E-state index contributed by atoms with van der Waals surface area (Å²) in [6.07, 6.45) is 6.28. The largest absolute Gasteiger partial charge is 0.372 e. The van der Waals surface area contributed by atoms with Gasteiger partial charge in [0.15, 0.2) is 0 Å². The highest BCUT2D eigenvalue weighted by Crippen LogP contribution is 2.37. The minimum Gasteiger partial charge on any atom is -0.372 e. The molecule has 0 aliphatic carbocycles. The number of likely N-dealkylation sites (tertiary alicyclic amines) is 1. The Labute approximate surface area is 160 Å². The van der Waals surface area contributed by atoms with Crippen molar-refractivity contribution in [3.8, 4) is 0 Å². The Kier molecular flexibility index (Phi) is 5.41. The van der Waals surface area contributed by atoms with Crippen LogP contribution in [0.2, 0.25) is 0 Å². The molecule has 0 saturated carbocycles. The highest BCUT2D eigenvalue weighted by Gasteiger charge is 2.46. The molecule has 5 heteroatoms. The van der Waals surface area contributed by atoms with Crippen LogP contribution in [0.5, 0.6) is 0 Å². The molecule has 2 aliphatic rings. The van der Waals surface area contributed by atoms with Crippen LogP contribution < -0.4 is 0 Å². The molecule has 2 aromatic heterocycles. The summed E-state index contributed by atoms with van der Waals surface area (Å²) in [7, 11) is 2.20. The summed E-state index contributed by atoms with van der Waals surface area (Å²) in [4.78, 5) is 12.0. The monoisotopic (exact) mass is 371 g/mol. The number of rotatable bonds is 6. The zero-order chi connectivity index (χ0) is 18.0. The minimum atomic E-state index is 0.144. The molecule has 26 heavy (non-hydrogen) atoms. The molecule has 2 saturated heterocycles. The molecule has 0 radical (unpaired) electrons. The Bertz CT molecular complexity index is 701. The Balaban J connectivity index is 1.19. The second kappa shape index (κ2) is 7.77. The number of nitrogens with zero attached hydrogens (tertiary/aromatic N) is 3. The molecule has 0 bridgehead atoms. The number of aryl methyl sites for hydroxylation is 1. The van der Waals surface area contributed by atoms with Crippen LogP contribution in [0.25, 0.3) is 0 Å². The summed E-state index contributed by atoms with van der Waals surface area (Å²) in [6, 6.07) is 8.64. The highest BCUT2D eigenvalue weighted by molar-refractivity contribution is 7.11. The van der Waals surface area contributed by atoms with Gasteiger partial charge >= 0.3 is 0 Å². The number of thiophene rings is 1. The first-order valence-electron chi connectivity index (χ1n) is 9.59. The first kappa shape index (κ1) is 18.1. The quantitative estimate of drug-likeness (QED) is 0.776. The molecule has 4 nitrogen and oxygen atoms in total. The lowest BCUT2D eigenvalue weighted by Gasteiger charge is -2.53. The van der Waals surface area contributed by atoms with Gasteiger partial charge < -0.3 is 9.64 Å². The van der Waals surface area contributed by atoms with E-state index in [1.54, 1.807) is 0 Å². The second-order valence-electron chi connectivity index (χ2n) is 8.11. The van der Waals surface area contributed by atoms with E-state index in [4.69, 9.17) is 4.74 Å². The van der Waals surface area contributed by atoms with Gasteiger partial charge in [-0.3, -0.25) is 9.88 Å². The van der Waals surface area contributed by atoms with Crippen LogP contribution in [0.1, 0.15) is 28.2 Å². The van der Waals surface area contributed by atoms with Crippen LogP contribution in [0.3, 0.4) is 0 Å². The summed E-state index contributed by atoms with van der Waals surface area (Å²) in [5.41, 5.74) is 1.42. The summed E-state index contributed by atoms with van der Waals surface area (Å²) in [5.74, 6) is 0.649. The maximum Gasteiger partial charge on any atom is 0.0935 e. The van der Waals surface area contributed by atoms with Crippen molar-refractivity contribution in [3.05, 3.63) is 52.0 Å². The van der Waals surface area contributed by atoms with Gasteiger partial charge in [-0.15, -0.1) is 11.3 Å². The Morgan fingerprint density at radius 1 is 1.35 bits per heavy atom. The number of ether oxygens (including phenoxy) is 1.